The van der Waals surface area contributed by atoms with Crippen molar-refractivity contribution < 1.29 is 28.0 Å². The van der Waals surface area contributed by atoms with Gasteiger partial charge in [-0.25, -0.2) is 4.79 Å². The number of carbonyl (C=O) groups excluding carboxylic acids is 1. The Morgan fingerprint density at radius 2 is 1.65 bits per heavy atom. The van der Waals surface area contributed by atoms with Gasteiger partial charge in [0, 0.05) is 9.81 Å². The maximum Gasteiger partial charge on any atom is 0.338 e. The third kappa shape index (κ3) is 6.36. The van der Waals surface area contributed by atoms with Gasteiger partial charge < -0.3 is 18.9 Å². The number of ether oxygens (including phenoxy) is 4. The van der Waals surface area contributed by atoms with Crippen molar-refractivity contribution in [3.05, 3.63) is 106 Å². The smallest absolute Gasteiger partial charge is 0.338 e. The molecule has 1 fully saturated rings. The van der Waals surface area contributed by atoms with E-state index in [0.29, 0.717) is 16.2 Å². The number of benzene rings is 3. The van der Waals surface area contributed by atoms with Crippen molar-refractivity contribution in [2.24, 2.45) is 5.11 Å². The lowest BCUT2D eigenvalue weighted by molar-refractivity contribution is -0.165. The van der Waals surface area contributed by atoms with Crippen molar-refractivity contribution in [3.63, 3.8) is 0 Å². The third-order valence-electron chi connectivity index (χ3n) is 5.98. The summed E-state index contributed by atoms with van der Waals surface area (Å²) in [5.41, 5.74) is 9.60. The summed E-state index contributed by atoms with van der Waals surface area (Å²) in [4.78, 5) is 16.4. The van der Waals surface area contributed by atoms with E-state index in [9.17, 15) is 14.5 Å². The van der Waals surface area contributed by atoms with Crippen LogP contribution in [0.2, 0.25) is 0 Å². The quantitative estimate of drug-likeness (QED) is 0.168. The molecule has 37 heavy (non-hydrogen) atoms. The van der Waals surface area contributed by atoms with Crippen LogP contribution in [0.1, 0.15) is 22.8 Å². The van der Waals surface area contributed by atoms with Gasteiger partial charge >= 0.3 is 5.97 Å². The predicted octanol–water partition coefficient (Wildman–Crippen LogP) is 5.04. The summed E-state index contributed by atoms with van der Waals surface area (Å²) in [7, 11) is -0.0822. The maximum absolute atomic E-state index is 13.6. The van der Waals surface area contributed by atoms with E-state index in [4.69, 9.17) is 18.9 Å². The van der Waals surface area contributed by atoms with Crippen LogP contribution in [0.3, 0.4) is 0 Å². The Bertz CT molecular complexity index is 1250. The first kappa shape index (κ1) is 26.4. The van der Waals surface area contributed by atoms with E-state index >= 15 is 0 Å². The normalized spacial score (nSPS) is 23.9. The number of rotatable bonds is 9. The molecule has 1 heterocycles. The van der Waals surface area contributed by atoms with Crippen LogP contribution in [0, 0.1) is 0 Å². The van der Waals surface area contributed by atoms with Gasteiger partial charge in [0.25, 0.3) is 0 Å². The molecule has 0 bridgehead atoms. The van der Waals surface area contributed by atoms with E-state index in [1.165, 1.54) is 0 Å². The second-order valence-electron chi connectivity index (χ2n) is 8.38. The monoisotopic (exact) mass is 521 g/mol. The Morgan fingerprint density at radius 1 is 1.00 bits per heavy atom. The first-order chi connectivity index (χ1) is 18.0. The van der Waals surface area contributed by atoms with Crippen molar-refractivity contribution >= 4 is 16.8 Å². The molecule has 0 aromatic heterocycles. The Hall–Kier alpha value is -3.69. The minimum atomic E-state index is -1.66. The summed E-state index contributed by atoms with van der Waals surface area (Å²) in [6.07, 6.45) is -2.65. The summed E-state index contributed by atoms with van der Waals surface area (Å²) in [5.74, 6) is 0.109. The van der Waals surface area contributed by atoms with Crippen molar-refractivity contribution in [2.75, 3.05) is 7.11 Å². The van der Waals surface area contributed by atoms with Gasteiger partial charge in [0.15, 0.2) is 5.44 Å². The van der Waals surface area contributed by atoms with E-state index in [1.807, 2.05) is 18.2 Å². The van der Waals surface area contributed by atoms with Crippen LogP contribution in [0.25, 0.3) is 10.4 Å². The Morgan fingerprint density at radius 3 is 2.27 bits per heavy atom. The summed E-state index contributed by atoms with van der Waals surface area (Å²) in [6.45, 7) is 1.81. The number of nitrogens with zero attached hydrogens (tertiary/aromatic N) is 3. The fourth-order valence-corrected chi connectivity index (χ4v) is 5.52. The molecule has 1 unspecified atom stereocenters. The Labute approximate surface area is 217 Å². The molecule has 3 aromatic carbocycles. The lowest BCUT2D eigenvalue weighted by Crippen LogP contribution is -2.59. The first-order valence-corrected chi connectivity index (χ1v) is 12.9. The number of methoxy groups -OCH3 is 1. The Balaban J connectivity index is 1.64. The van der Waals surface area contributed by atoms with E-state index in [0.717, 1.165) is 5.56 Å². The van der Waals surface area contributed by atoms with E-state index in [2.05, 4.69) is 10.0 Å². The standard InChI is InChI=1S/C27H27N3O6S/c1-18-24(36-26(31)20-9-5-3-6-10-20)23(29-30-28)25(34-17-19-13-15-21(33-2)16-14-19)27(35-18)37(32)22-11-7-4-8-12-22/h3-16,18,23-25,27H,17H2,1-2H3/t18-,23+,24+,25-,27+,37?/m0/s1. The van der Waals surface area contributed by atoms with Gasteiger partial charge in [-0.3, -0.25) is 4.21 Å². The molecule has 0 amide bonds. The topological polar surface area (TPSA) is 120 Å². The first-order valence-electron chi connectivity index (χ1n) is 11.7. The molecule has 0 saturated carbocycles. The number of azide groups is 1. The summed E-state index contributed by atoms with van der Waals surface area (Å²) < 4.78 is 37.0. The lowest BCUT2D eigenvalue weighted by atomic mass is 9.98. The fraction of sp³-hybridized carbons (Fsp3) is 0.296. The molecule has 1 aliphatic heterocycles. The summed E-state index contributed by atoms with van der Waals surface area (Å²) in [5, 5.41) is 3.95. The number of hydrogen-bond acceptors (Lipinski definition) is 7. The van der Waals surface area contributed by atoms with Crippen molar-refractivity contribution in [1.82, 2.24) is 0 Å². The molecule has 10 heteroatoms. The lowest BCUT2D eigenvalue weighted by Gasteiger charge is -2.43. The molecule has 6 atom stereocenters. The highest BCUT2D eigenvalue weighted by molar-refractivity contribution is 7.85. The summed E-state index contributed by atoms with van der Waals surface area (Å²) >= 11 is 0. The third-order valence-corrected chi connectivity index (χ3v) is 7.52. The second-order valence-corrected chi connectivity index (χ2v) is 9.91. The van der Waals surface area contributed by atoms with Crippen molar-refractivity contribution in [3.8, 4) is 5.75 Å². The van der Waals surface area contributed by atoms with Gasteiger partial charge in [-0.2, -0.15) is 0 Å². The molecule has 4 rings (SSSR count). The molecule has 9 nitrogen and oxygen atoms in total. The van der Waals surface area contributed by atoms with Crippen molar-refractivity contribution in [2.45, 2.75) is 48.2 Å². The van der Waals surface area contributed by atoms with Gasteiger partial charge in [-0.1, -0.05) is 53.6 Å². The van der Waals surface area contributed by atoms with Gasteiger partial charge in [-0.05, 0) is 54.4 Å². The molecule has 3 aromatic rings. The summed E-state index contributed by atoms with van der Waals surface area (Å²) in [6, 6.07) is 23.6. The van der Waals surface area contributed by atoms with Crippen LogP contribution in [0.4, 0.5) is 0 Å². The number of hydrogen-bond donors (Lipinski definition) is 0. The Kier molecular flexibility index (Phi) is 8.92. The van der Waals surface area contributed by atoms with Crippen LogP contribution in [0.15, 0.2) is 94.9 Å². The van der Waals surface area contributed by atoms with E-state index < -0.39 is 46.6 Å². The molecule has 1 aliphatic rings. The van der Waals surface area contributed by atoms with E-state index in [-0.39, 0.29) is 6.61 Å². The van der Waals surface area contributed by atoms with Crippen LogP contribution in [-0.2, 0) is 31.6 Å². The highest BCUT2D eigenvalue weighted by Gasteiger charge is 2.49. The van der Waals surface area contributed by atoms with Gasteiger partial charge in [0.05, 0.1) is 36.2 Å². The minimum absolute atomic E-state index is 0.117. The van der Waals surface area contributed by atoms with Crippen molar-refractivity contribution in [1.29, 1.82) is 0 Å². The second kappa shape index (κ2) is 12.5. The molecule has 0 spiro atoms. The fourth-order valence-electron chi connectivity index (χ4n) is 4.07. The highest BCUT2D eigenvalue weighted by Crippen LogP contribution is 2.33. The van der Waals surface area contributed by atoms with Crippen LogP contribution < -0.4 is 4.74 Å². The molecular formula is C27H27N3O6S. The maximum atomic E-state index is 13.6. The van der Waals surface area contributed by atoms with Gasteiger partial charge in [-0.15, -0.1) is 0 Å². The van der Waals surface area contributed by atoms with Gasteiger partial charge in [0.1, 0.15) is 24.0 Å². The average molecular weight is 522 g/mol. The van der Waals surface area contributed by atoms with Crippen LogP contribution in [0.5, 0.6) is 5.75 Å². The molecule has 0 aliphatic carbocycles. The zero-order valence-electron chi connectivity index (χ0n) is 20.4. The average Bonchev–Trinajstić information content (AvgIpc) is 2.95. The SMILES string of the molecule is COc1ccc(CO[C@H]2[C@H](N=[N+]=[N-])[C@H](OC(=O)c3ccccc3)[C@H](C)O[C@@H]2S(=O)c2ccccc2)cc1. The zero-order valence-corrected chi connectivity index (χ0v) is 21.2. The van der Waals surface area contributed by atoms with E-state index in [1.54, 1.807) is 80.8 Å². The molecule has 0 radical (unpaired) electrons. The molecule has 192 valence electrons. The molecule has 0 N–H and O–H groups in total. The zero-order chi connectivity index (χ0) is 26.2. The minimum Gasteiger partial charge on any atom is -0.497 e. The largest absolute Gasteiger partial charge is 0.497 e. The van der Waals surface area contributed by atoms with Crippen LogP contribution in [-0.4, -0.2) is 47.1 Å². The molecule has 1 saturated heterocycles. The number of carbonyl (C=O) groups is 1. The predicted molar refractivity (Wildman–Crippen MR) is 137 cm³/mol. The van der Waals surface area contributed by atoms with Gasteiger partial charge in [0.2, 0.25) is 0 Å². The molecular weight excluding hydrogens is 494 g/mol. The van der Waals surface area contributed by atoms with Crippen LogP contribution >= 0.6 is 0 Å². The highest BCUT2D eigenvalue weighted by atomic mass is 32.2. The number of esters is 1.